The van der Waals surface area contributed by atoms with Gasteiger partial charge in [-0.3, -0.25) is 0 Å². The van der Waals surface area contributed by atoms with Gasteiger partial charge in [0, 0.05) is 0 Å². The van der Waals surface area contributed by atoms with Crippen molar-refractivity contribution in [3.8, 4) is 22.3 Å². The molecule has 1 aliphatic rings. The fraction of sp³-hybridized carbons (Fsp3) is 0.0556. The van der Waals surface area contributed by atoms with Crippen LogP contribution in [0.2, 0.25) is 0 Å². The molecule has 1 aliphatic carbocycles. The molecule has 0 heterocycles. The van der Waals surface area contributed by atoms with E-state index in [0.717, 1.165) is 0 Å². The summed E-state index contributed by atoms with van der Waals surface area (Å²) in [7, 11) is 0. The quantitative estimate of drug-likeness (QED) is 0.248. The van der Waals surface area contributed by atoms with Crippen molar-refractivity contribution in [1.29, 1.82) is 0 Å². The van der Waals surface area contributed by atoms with Crippen LogP contribution in [0.4, 0.5) is 0 Å². The molecule has 0 fully saturated rings. The van der Waals surface area contributed by atoms with Gasteiger partial charge in [0.25, 0.3) is 0 Å². The fourth-order valence-corrected chi connectivity index (χ4v) is 6.38. The van der Waals surface area contributed by atoms with Gasteiger partial charge in [0.15, 0.2) is 0 Å². The van der Waals surface area contributed by atoms with Crippen molar-refractivity contribution in [2.75, 3.05) is 0 Å². The van der Waals surface area contributed by atoms with E-state index in [1.807, 2.05) is 0 Å². The highest BCUT2D eigenvalue weighted by atomic mass is 14.5. The van der Waals surface area contributed by atoms with E-state index in [9.17, 15) is 0 Å². The lowest BCUT2D eigenvalue weighted by atomic mass is 9.67. The van der Waals surface area contributed by atoms with Crippen LogP contribution in [0.1, 0.15) is 27.8 Å². The monoisotopic (exact) mass is 458 g/mol. The molecule has 0 atom stereocenters. The Morgan fingerprint density at radius 2 is 1.03 bits per heavy atom. The molecule has 0 bridgehead atoms. The molecule has 6 aromatic rings. The first-order chi connectivity index (χ1) is 17.8. The van der Waals surface area contributed by atoms with Gasteiger partial charge in [-0.1, -0.05) is 133 Å². The summed E-state index contributed by atoms with van der Waals surface area (Å²) in [5, 5.41) is 2.62. The van der Waals surface area contributed by atoms with Gasteiger partial charge in [0.05, 0.1) is 5.41 Å². The molecule has 7 rings (SSSR count). The lowest BCUT2D eigenvalue weighted by molar-refractivity contribution is 0.769. The van der Waals surface area contributed by atoms with E-state index in [0.29, 0.717) is 0 Å². The Kier molecular flexibility index (Phi) is 4.69. The standard InChI is InChI=1S/C36H26/c1-25-12-10-13-26-14-11-20-30(35(25)26)27-22-23-32-31-19-8-9-21-33(31)36(34(32)24-27,28-15-4-2-5-16-28)29-17-6-3-7-18-29/h2-24H,1H3. The average Bonchev–Trinajstić information content (AvgIpc) is 3.24. The van der Waals surface area contributed by atoms with Crippen LogP contribution in [0.15, 0.2) is 140 Å². The second-order valence-electron chi connectivity index (χ2n) is 9.77. The molecule has 0 N–H and O–H groups in total. The first-order valence-electron chi connectivity index (χ1n) is 12.6. The molecule has 36 heavy (non-hydrogen) atoms. The molecule has 0 saturated heterocycles. The molecule has 0 radical (unpaired) electrons. The third-order valence-corrected chi connectivity index (χ3v) is 7.88. The number of benzene rings is 6. The first kappa shape index (κ1) is 20.9. The topological polar surface area (TPSA) is 0 Å². The largest absolute Gasteiger partial charge is 0.0713 e. The van der Waals surface area contributed by atoms with E-state index in [4.69, 9.17) is 0 Å². The number of fused-ring (bicyclic) bond motifs is 4. The van der Waals surface area contributed by atoms with Crippen molar-refractivity contribution >= 4 is 10.8 Å². The normalized spacial score (nSPS) is 13.4. The van der Waals surface area contributed by atoms with Gasteiger partial charge in [0.1, 0.15) is 0 Å². The summed E-state index contributed by atoms with van der Waals surface area (Å²) in [5.41, 5.74) is 11.4. The Balaban J connectivity index is 1.60. The molecular weight excluding hydrogens is 432 g/mol. The Bertz CT molecular complexity index is 1680. The van der Waals surface area contributed by atoms with E-state index < -0.39 is 0 Å². The highest BCUT2D eigenvalue weighted by Crippen LogP contribution is 2.56. The molecule has 0 spiro atoms. The number of hydrogen-bond acceptors (Lipinski definition) is 0. The Morgan fingerprint density at radius 3 is 1.75 bits per heavy atom. The van der Waals surface area contributed by atoms with Crippen molar-refractivity contribution in [3.05, 3.63) is 167 Å². The van der Waals surface area contributed by atoms with E-state index in [2.05, 4.69) is 146 Å². The third kappa shape index (κ3) is 2.88. The van der Waals surface area contributed by atoms with Crippen LogP contribution in [0.5, 0.6) is 0 Å². The first-order valence-corrected chi connectivity index (χ1v) is 12.6. The van der Waals surface area contributed by atoms with Gasteiger partial charge in [0.2, 0.25) is 0 Å². The number of rotatable bonds is 3. The minimum Gasteiger partial charge on any atom is -0.0622 e. The summed E-state index contributed by atoms with van der Waals surface area (Å²) >= 11 is 0. The van der Waals surface area contributed by atoms with Crippen LogP contribution in [-0.4, -0.2) is 0 Å². The number of hydrogen-bond donors (Lipinski definition) is 0. The Hall–Kier alpha value is -4.42. The lowest BCUT2D eigenvalue weighted by Crippen LogP contribution is -2.28. The van der Waals surface area contributed by atoms with Crippen molar-refractivity contribution < 1.29 is 0 Å². The summed E-state index contributed by atoms with van der Waals surface area (Å²) < 4.78 is 0. The van der Waals surface area contributed by atoms with Gasteiger partial charge >= 0.3 is 0 Å². The fourth-order valence-electron chi connectivity index (χ4n) is 6.38. The summed E-state index contributed by atoms with van der Waals surface area (Å²) in [6.07, 6.45) is 0. The SMILES string of the molecule is Cc1cccc2cccc(-c3ccc4c(c3)C(c3ccccc3)(c3ccccc3)c3ccccc3-4)c12. The average molecular weight is 459 g/mol. The van der Waals surface area contributed by atoms with Gasteiger partial charge in [-0.15, -0.1) is 0 Å². The summed E-state index contributed by atoms with van der Waals surface area (Å²) in [6, 6.07) is 51.3. The zero-order valence-corrected chi connectivity index (χ0v) is 20.3. The van der Waals surface area contributed by atoms with Crippen molar-refractivity contribution in [1.82, 2.24) is 0 Å². The van der Waals surface area contributed by atoms with Crippen molar-refractivity contribution in [2.45, 2.75) is 12.3 Å². The molecule has 0 heteroatoms. The van der Waals surface area contributed by atoms with Crippen LogP contribution in [-0.2, 0) is 5.41 Å². The van der Waals surface area contributed by atoms with Gasteiger partial charge in [-0.05, 0) is 73.8 Å². The minimum atomic E-state index is -0.371. The highest BCUT2D eigenvalue weighted by molar-refractivity contribution is 6.00. The Morgan fingerprint density at radius 1 is 0.444 bits per heavy atom. The smallest absolute Gasteiger partial charge is 0.0622 e. The molecule has 0 amide bonds. The van der Waals surface area contributed by atoms with E-state index >= 15 is 0 Å². The maximum atomic E-state index is 2.45. The molecule has 6 aromatic carbocycles. The zero-order chi connectivity index (χ0) is 24.1. The minimum absolute atomic E-state index is 0.371. The summed E-state index contributed by atoms with van der Waals surface area (Å²) in [6.45, 7) is 2.22. The van der Waals surface area contributed by atoms with E-state index in [1.165, 1.54) is 60.8 Å². The van der Waals surface area contributed by atoms with Crippen LogP contribution in [0.3, 0.4) is 0 Å². The van der Waals surface area contributed by atoms with Crippen LogP contribution in [0.25, 0.3) is 33.0 Å². The van der Waals surface area contributed by atoms with Gasteiger partial charge in [-0.2, -0.15) is 0 Å². The van der Waals surface area contributed by atoms with Crippen LogP contribution < -0.4 is 0 Å². The predicted molar refractivity (Wildman–Crippen MR) is 151 cm³/mol. The van der Waals surface area contributed by atoms with Gasteiger partial charge < -0.3 is 0 Å². The molecule has 0 aliphatic heterocycles. The molecule has 0 unspecified atom stereocenters. The van der Waals surface area contributed by atoms with Gasteiger partial charge in [-0.25, -0.2) is 0 Å². The molecule has 0 nitrogen and oxygen atoms in total. The second-order valence-corrected chi connectivity index (χ2v) is 9.77. The zero-order valence-electron chi connectivity index (χ0n) is 20.3. The molecule has 0 aromatic heterocycles. The van der Waals surface area contributed by atoms with Crippen molar-refractivity contribution in [3.63, 3.8) is 0 Å². The molecular formula is C36H26. The summed E-state index contributed by atoms with van der Waals surface area (Å²) in [5.74, 6) is 0. The number of aryl methyl sites for hydroxylation is 1. The van der Waals surface area contributed by atoms with Crippen molar-refractivity contribution in [2.24, 2.45) is 0 Å². The summed E-state index contributed by atoms with van der Waals surface area (Å²) in [4.78, 5) is 0. The van der Waals surface area contributed by atoms with E-state index in [1.54, 1.807) is 0 Å². The Labute approximate surface area is 212 Å². The van der Waals surface area contributed by atoms with Crippen LogP contribution >= 0.6 is 0 Å². The maximum absolute atomic E-state index is 2.45. The highest BCUT2D eigenvalue weighted by Gasteiger charge is 2.46. The maximum Gasteiger partial charge on any atom is 0.0713 e. The molecule has 0 saturated carbocycles. The predicted octanol–water partition coefficient (Wildman–Crippen LogP) is 9.18. The van der Waals surface area contributed by atoms with E-state index in [-0.39, 0.29) is 5.41 Å². The van der Waals surface area contributed by atoms with Crippen LogP contribution in [0, 0.1) is 6.92 Å². The molecule has 170 valence electrons. The third-order valence-electron chi connectivity index (χ3n) is 7.88. The lowest BCUT2D eigenvalue weighted by Gasteiger charge is -2.34. The second kappa shape index (κ2) is 8.07.